The fourth-order valence-electron chi connectivity index (χ4n) is 2.85. The highest BCUT2D eigenvalue weighted by molar-refractivity contribution is 7.91. The van der Waals surface area contributed by atoms with E-state index < -0.39 is 19.9 Å². The number of fused-ring (bicyclic) bond motifs is 1. The molecule has 0 aliphatic heterocycles. The molecule has 0 aliphatic carbocycles. The number of nitrogens with two attached hydrogens (primary N) is 1. The number of benzene rings is 2. The lowest BCUT2D eigenvalue weighted by Crippen LogP contribution is -2.31. The highest BCUT2D eigenvalue weighted by Crippen LogP contribution is 2.25. The van der Waals surface area contributed by atoms with Crippen molar-refractivity contribution in [1.29, 1.82) is 0 Å². The Hall–Kier alpha value is -2.46. The van der Waals surface area contributed by atoms with Crippen LogP contribution in [-0.4, -0.2) is 45.0 Å². The van der Waals surface area contributed by atoms with Crippen molar-refractivity contribution < 1.29 is 16.8 Å². The second-order valence-electron chi connectivity index (χ2n) is 6.22. The van der Waals surface area contributed by atoms with Gasteiger partial charge >= 0.3 is 0 Å². The van der Waals surface area contributed by atoms with Crippen LogP contribution >= 0.6 is 12.4 Å². The molecule has 0 saturated carbocycles. The van der Waals surface area contributed by atoms with Gasteiger partial charge in [-0.05, 0) is 24.3 Å². The molecule has 2 N–H and O–H groups in total. The number of aromatic nitrogens is 1. The monoisotopic (exact) mass is 467 g/mol. The molecule has 0 amide bonds. The number of sulfonamides is 1. The Morgan fingerprint density at radius 1 is 0.967 bits per heavy atom. The van der Waals surface area contributed by atoms with Crippen molar-refractivity contribution in [2.75, 3.05) is 18.8 Å². The lowest BCUT2D eigenvalue weighted by molar-refractivity contribution is 0.509. The first kappa shape index (κ1) is 23.8. The van der Waals surface area contributed by atoms with Crippen molar-refractivity contribution in [3.8, 4) is 0 Å². The number of sulfone groups is 1. The molecule has 160 valence electrons. The van der Waals surface area contributed by atoms with E-state index >= 15 is 0 Å². The summed E-state index contributed by atoms with van der Waals surface area (Å²) >= 11 is 0. The zero-order valence-corrected chi connectivity index (χ0v) is 18.4. The van der Waals surface area contributed by atoms with E-state index in [-0.39, 0.29) is 41.0 Å². The minimum atomic E-state index is -4.01. The second kappa shape index (κ2) is 10.0. The van der Waals surface area contributed by atoms with E-state index in [0.29, 0.717) is 10.8 Å². The molecular weight excluding hydrogens is 446 g/mol. The Labute approximate surface area is 182 Å². The summed E-state index contributed by atoms with van der Waals surface area (Å²) < 4.78 is 52.9. The molecule has 3 aromatic rings. The maximum atomic E-state index is 13.3. The second-order valence-corrected chi connectivity index (χ2v) is 10.2. The van der Waals surface area contributed by atoms with Crippen LogP contribution in [0.25, 0.3) is 10.8 Å². The van der Waals surface area contributed by atoms with Crippen LogP contribution in [0.2, 0.25) is 0 Å². The highest BCUT2D eigenvalue weighted by atomic mass is 35.5. The number of hydrogen-bond acceptors (Lipinski definition) is 6. The van der Waals surface area contributed by atoms with Gasteiger partial charge in [0.2, 0.25) is 0 Å². The van der Waals surface area contributed by atoms with Crippen LogP contribution < -0.4 is 5.73 Å². The maximum absolute atomic E-state index is 13.3. The third-order valence-corrected chi connectivity index (χ3v) is 7.86. The van der Waals surface area contributed by atoms with Gasteiger partial charge in [-0.3, -0.25) is 9.29 Å². The van der Waals surface area contributed by atoms with Crippen molar-refractivity contribution in [2.24, 2.45) is 5.73 Å². The molecule has 0 unspecified atom stereocenters. The summed E-state index contributed by atoms with van der Waals surface area (Å²) in [4.78, 5) is 4.24. The molecule has 3 rings (SSSR count). The summed E-state index contributed by atoms with van der Waals surface area (Å²) in [7, 11) is -7.65. The van der Waals surface area contributed by atoms with Crippen LogP contribution in [0.5, 0.6) is 0 Å². The minimum Gasteiger partial charge on any atom is -0.327 e. The molecule has 0 fully saturated rings. The Morgan fingerprint density at radius 3 is 2.40 bits per heavy atom. The van der Waals surface area contributed by atoms with Gasteiger partial charge in [0.05, 0.1) is 15.5 Å². The summed E-state index contributed by atoms with van der Waals surface area (Å²) in [6.45, 7) is -0.117. The van der Waals surface area contributed by atoms with Gasteiger partial charge in [0, 0.05) is 42.5 Å². The van der Waals surface area contributed by atoms with E-state index in [9.17, 15) is 16.8 Å². The SMILES string of the molecule is Cl.NCC=CN(CCS(=O)(=O)c1ccccc1)S(=O)(=O)c1cccc2cnccc12. The Balaban J connectivity index is 0.00000320. The number of halogens is 1. The first-order valence-corrected chi connectivity index (χ1v) is 11.9. The molecule has 30 heavy (non-hydrogen) atoms. The van der Waals surface area contributed by atoms with Crippen LogP contribution in [0.1, 0.15) is 0 Å². The molecule has 0 bridgehead atoms. The number of nitrogens with zero attached hydrogens (tertiary/aromatic N) is 2. The first-order chi connectivity index (χ1) is 13.9. The van der Waals surface area contributed by atoms with Crippen molar-refractivity contribution in [3.05, 3.63) is 79.3 Å². The van der Waals surface area contributed by atoms with Crippen LogP contribution in [0.3, 0.4) is 0 Å². The first-order valence-electron chi connectivity index (χ1n) is 8.85. The average molecular weight is 468 g/mol. The van der Waals surface area contributed by atoms with Gasteiger partial charge in [-0.2, -0.15) is 0 Å². The predicted octanol–water partition coefficient (Wildman–Crippen LogP) is 2.59. The van der Waals surface area contributed by atoms with Crippen molar-refractivity contribution in [3.63, 3.8) is 0 Å². The van der Waals surface area contributed by atoms with Gasteiger partial charge in [-0.1, -0.05) is 36.4 Å². The molecular formula is C20H22ClN3O4S2. The molecule has 0 radical (unpaired) electrons. The summed E-state index contributed by atoms with van der Waals surface area (Å²) in [5, 5.41) is 1.19. The predicted molar refractivity (Wildman–Crippen MR) is 120 cm³/mol. The standard InChI is InChI=1S/C20H21N3O4S2.ClH/c21-11-5-13-23(14-15-28(24,25)18-7-2-1-3-8-18)29(26,27)20-9-4-6-17-16-22-12-10-19(17)20;/h1-10,12-13,16H,11,14-15,21H2;1H. The Bertz CT molecular complexity index is 1230. The molecule has 2 aromatic carbocycles. The van der Waals surface area contributed by atoms with Gasteiger partial charge in [-0.25, -0.2) is 16.8 Å². The summed E-state index contributed by atoms with van der Waals surface area (Å²) in [6, 6.07) is 14.4. The fourth-order valence-corrected chi connectivity index (χ4v) is 5.76. The largest absolute Gasteiger partial charge is 0.327 e. The Morgan fingerprint density at radius 2 is 1.70 bits per heavy atom. The fraction of sp³-hybridized carbons (Fsp3) is 0.150. The van der Waals surface area contributed by atoms with Crippen molar-refractivity contribution in [1.82, 2.24) is 9.29 Å². The lowest BCUT2D eigenvalue weighted by Gasteiger charge is -2.21. The van der Waals surface area contributed by atoms with E-state index in [2.05, 4.69) is 4.98 Å². The minimum absolute atomic E-state index is 0. The Kier molecular flexibility index (Phi) is 7.96. The smallest absolute Gasteiger partial charge is 0.264 e. The third kappa shape index (κ3) is 5.17. The quantitative estimate of drug-likeness (QED) is 0.545. The molecule has 0 aliphatic rings. The normalized spacial score (nSPS) is 12.0. The molecule has 1 aromatic heterocycles. The molecule has 0 atom stereocenters. The van der Waals surface area contributed by atoms with Gasteiger partial charge in [0.1, 0.15) is 0 Å². The molecule has 0 spiro atoms. The number of pyridine rings is 1. The summed E-state index contributed by atoms with van der Waals surface area (Å²) in [5.41, 5.74) is 5.49. The molecule has 7 nitrogen and oxygen atoms in total. The highest BCUT2D eigenvalue weighted by Gasteiger charge is 2.26. The summed E-state index contributed by atoms with van der Waals surface area (Å²) in [6.07, 6.45) is 5.88. The van der Waals surface area contributed by atoms with E-state index in [1.807, 2.05) is 0 Å². The average Bonchev–Trinajstić information content (AvgIpc) is 2.73. The van der Waals surface area contributed by atoms with Gasteiger partial charge in [-0.15, -0.1) is 12.4 Å². The van der Waals surface area contributed by atoms with Crippen LogP contribution in [0.15, 0.2) is 89.1 Å². The van der Waals surface area contributed by atoms with E-state index in [0.717, 1.165) is 4.31 Å². The number of rotatable bonds is 8. The van der Waals surface area contributed by atoms with Crippen LogP contribution in [-0.2, 0) is 19.9 Å². The summed E-state index contributed by atoms with van der Waals surface area (Å²) in [5.74, 6) is -0.364. The maximum Gasteiger partial charge on any atom is 0.264 e. The van der Waals surface area contributed by atoms with Gasteiger partial charge < -0.3 is 5.73 Å². The molecule has 10 heteroatoms. The molecule has 1 heterocycles. The lowest BCUT2D eigenvalue weighted by atomic mass is 10.2. The zero-order valence-electron chi connectivity index (χ0n) is 16.0. The topological polar surface area (TPSA) is 110 Å². The van der Waals surface area contributed by atoms with Crippen LogP contribution in [0.4, 0.5) is 0 Å². The molecule has 0 saturated heterocycles. The van der Waals surface area contributed by atoms with Crippen molar-refractivity contribution in [2.45, 2.75) is 9.79 Å². The zero-order chi connectivity index (χ0) is 20.9. The van der Waals surface area contributed by atoms with E-state index in [1.165, 1.54) is 36.7 Å². The van der Waals surface area contributed by atoms with E-state index in [1.54, 1.807) is 42.6 Å². The van der Waals surface area contributed by atoms with Crippen molar-refractivity contribution >= 4 is 43.0 Å². The number of hydrogen-bond donors (Lipinski definition) is 1. The van der Waals surface area contributed by atoms with Gasteiger partial charge in [0.25, 0.3) is 10.0 Å². The van der Waals surface area contributed by atoms with Crippen LogP contribution in [0, 0.1) is 0 Å². The van der Waals surface area contributed by atoms with E-state index in [4.69, 9.17) is 5.73 Å². The van der Waals surface area contributed by atoms with Gasteiger partial charge in [0.15, 0.2) is 9.84 Å². The third-order valence-electron chi connectivity index (χ3n) is 4.32.